The monoisotopic (exact) mass is 1680 g/mol. The number of epoxide rings is 1. The number of hydrogen-bond acceptors (Lipinski definition) is 31. The van der Waals surface area contributed by atoms with Crippen LogP contribution in [0.15, 0.2) is 106 Å². The average Bonchev–Trinajstić information content (AvgIpc) is 1.57. The van der Waals surface area contributed by atoms with Gasteiger partial charge >= 0.3 is 0 Å². The van der Waals surface area contributed by atoms with Crippen molar-refractivity contribution in [3.63, 3.8) is 0 Å². The van der Waals surface area contributed by atoms with Crippen LogP contribution in [0.1, 0.15) is 168 Å². The van der Waals surface area contributed by atoms with E-state index in [1.807, 2.05) is 121 Å². The fourth-order valence-electron chi connectivity index (χ4n) is 15.4. The standard InChI is InChI=1S/C22H27N5O2S.C19H22N4O3S2.C19H22N4O2S2.C6H13NO2.C6H10O2.C6H10O.C6H8O/c1-12-18(20-25-14-5-3-4-6-15(14)30-20)19(26-16-9-10-17(28)22(16,2)29)27-21(24-12)23-11-13-7-8-13;1-10-15(17-21-11-6-4-5-7-12(11)27-17)16(23-18(20-10)28(3)26)22-13-8-9-14(24)19(13,2)25;1-10-15(17-21-11-6-4-5-7-12(11)27-17)16(23-18(20-10)26-3)22-13-8-9-14(24)19(13,2)25;1-6(9)4(7)2-3-5(6)8;1-6-4(7)2-3-5(6)8-6;2*1-5-3-2-4-6(5)7/h3-6,13,16-17,28-29H,7-11H2,1-2H3,(H2,23,24,26,27);4-7,13-14,24-25H,8-9H2,1-3H3,(H,20,22,23);4-7,13-14,24-25H,8-9H2,1-3H3,(H,20,22,23);4-5,8-9H,2-3,7H2,1H3;4-5,7H,2-3H2,1H3;3,6-7H,2,4H2,1H3;3H,2,4H2,1H3/t16-,17-,22+;13-,14-,19+,28?;13-,14-,19+;4-,5-,6+;4-,5+,6-;6-;/m111111./s1. The number of para-hydroxylation sites is 3. The van der Waals surface area contributed by atoms with Crippen LogP contribution in [0.25, 0.3) is 62.4 Å². The van der Waals surface area contributed by atoms with E-state index >= 15 is 0 Å². The van der Waals surface area contributed by atoms with Gasteiger partial charge in [-0.25, -0.2) is 39.9 Å². The van der Waals surface area contributed by atoms with Crippen molar-refractivity contribution in [3.8, 4) is 31.7 Å². The highest BCUT2D eigenvalue weighted by Crippen LogP contribution is 2.50. The van der Waals surface area contributed by atoms with E-state index in [1.165, 1.54) is 42.2 Å². The largest absolute Gasteiger partial charge is 0.390 e. The van der Waals surface area contributed by atoms with E-state index in [4.69, 9.17) is 45.6 Å². The van der Waals surface area contributed by atoms with E-state index < -0.39 is 57.6 Å². The zero-order chi connectivity index (χ0) is 83.5. The zero-order valence-electron chi connectivity index (χ0n) is 67.9. The van der Waals surface area contributed by atoms with Crippen molar-refractivity contribution in [2.24, 2.45) is 11.7 Å². The number of carbonyl (C=O) groups is 1. The van der Waals surface area contributed by atoms with Crippen LogP contribution >= 0.6 is 45.8 Å². The molecule has 6 saturated carbocycles. The lowest BCUT2D eigenvalue weighted by Gasteiger charge is -2.30. The Hall–Kier alpha value is -7.06. The summed E-state index contributed by atoms with van der Waals surface area (Å²) >= 11 is 6.21. The summed E-state index contributed by atoms with van der Waals surface area (Å²) in [5.41, 5.74) is 10.2. The molecule has 626 valence electrons. The molecule has 0 bridgehead atoms. The number of Topliss-reactive ketones (excluding diaryl/α,β-unsaturated/α-hetero) is 1. The van der Waals surface area contributed by atoms with Crippen LogP contribution in [0.2, 0.25) is 0 Å². The molecule has 16 N–H and O–H groups in total. The Kier molecular flexibility index (Phi) is 28.1. The third-order valence-electron chi connectivity index (χ3n) is 23.9. The number of ether oxygens (including phenoxy) is 1. The van der Waals surface area contributed by atoms with Gasteiger partial charge < -0.3 is 82.8 Å². The van der Waals surface area contributed by atoms with Gasteiger partial charge in [-0.1, -0.05) is 60.3 Å². The molecule has 6 aromatic heterocycles. The maximum Gasteiger partial charge on any atom is 0.224 e. The predicted molar refractivity (Wildman–Crippen MR) is 461 cm³/mol. The van der Waals surface area contributed by atoms with Crippen LogP contribution in [-0.4, -0.2) is 220 Å². The van der Waals surface area contributed by atoms with Crippen molar-refractivity contribution in [1.82, 2.24) is 44.9 Å². The van der Waals surface area contributed by atoms with E-state index in [9.17, 15) is 49.9 Å². The first kappa shape index (κ1) is 88.2. The highest BCUT2D eigenvalue weighted by molar-refractivity contribution is 7.98. The fourth-order valence-corrected chi connectivity index (χ4v) is 19.4. The summed E-state index contributed by atoms with van der Waals surface area (Å²) in [6, 6.07) is 22.7. The first-order valence-corrected chi connectivity index (χ1v) is 45.1. The first-order chi connectivity index (χ1) is 55.0. The molecular formula is C84H112N14O13S5. The second-order valence-electron chi connectivity index (χ2n) is 32.7. The number of nitrogens with zero attached hydrogens (tertiary/aromatic N) is 9. The number of nitrogens with one attached hydrogen (secondary N) is 4. The number of allylic oxidation sites excluding steroid dienone is 3. The predicted octanol–water partition coefficient (Wildman–Crippen LogP) is 11.4. The van der Waals surface area contributed by atoms with Gasteiger partial charge in [0.15, 0.2) is 10.9 Å². The van der Waals surface area contributed by atoms with Crippen LogP contribution in [0.4, 0.5) is 23.4 Å². The summed E-state index contributed by atoms with van der Waals surface area (Å²) in [6.07, 6.45) is 17.8. The van der Waals surface area contributed by atoms with Gasteiger partial charge in [0, 0.05) is 25.3 Å². The molecule has 7 fully saturated rings. The van der Waals surface area contributed by atoms with E-state index in [0.717, 1.165) is 130 Å². The second-order valence-corrected chi connectivity index (χ2v) is 37.8. The molecule has 0 radical (unpaired) electrons. The summed E-state index contributed by atoms with van der Waals surface area (Å²) in [5.74, 6) is 3.41. The number of anilines is 4. The van der Waals surface area contributed by atoms with Crippen LogP contribution in [0.5, 0.6) is 0 Å². The minimum absolute atomic E-state index is 0.125. The fraction of sp³-hybridized carbons (Fsp3) is 0.548. The number of thiazole rings is 3. The maximum absolute atomic E-state index is 12.0. The van der Waals surface area contributed by atoms with Crippen molar-refractivity contribution in [1.29, 1.82) is 0 Å². The molecule has 0 amide bonds. The number of nitrogens with two attached hydrogens (primary N) is 1. The van der Waals surface area contributed by atoms with Crippen LogP contribution in [0, 0.1) is 26.7 Å². The lowest BCUT2D eigenvalue weighted by atomic mass is 9.98. The van der Waals surface area contributed by atoms with Gasteiger partial charge in [-0.15, -0.1) is 34.0 Å². The summed E-state index contributed by atoms with van der Waals surface area (Å²) in [7, 11) is -1.35. The number of ketones is 1. The molecule has 0 spiro atoms. The van der Waals surface area contributed by atoms with Gasteiger partial charge in [-0.05, 0) is 225 Å². The number of benzene rings is 3. The third-order valence-corrected chi connectivity index (χ3v) is 28.3. The molecule has 18 rings (SSSR count). The molecule has 3 aromatic carbocycles. The number of aromatic nitrogens is 9. The molecule has 7 heterocycles. The zero-order valence-corrected chi connectivity index (χ0v) is 72.0. The third kappa shape index (κ3) is 20.2. The first-order valence-electron chi connectivity index (χ1n) is 39.9. The van der Waals surface area contributed by atoms with E-state index in [0.29, 0.717) is 103 Å². The Balaban J connectivity index is 0.000000135. The number of carbonyl (C=O) groups excluding carboxylic acids is 1. The van der Waals surface area contributed by atoms with Gasteiger partial charge in [-0.3, -0.25) is 9.00 Å². The van der Waals surface area contributed by atoms with E-state index in [-0.39, 0.29) is 47.1 Å². The Bertz CT molecular complexity index is 4940. The second kappa shape index (κ2) is 36.9. The molecule has 17 atom stereocenters. The highest BCUT2D eigenvalue weighted by atomic mass is 32.2. The molecule has 116 heavy (non-hydrogen) atoms. The molecule has 9 aromatic rings. The maximum atomic E-state index is 12.0. The Morgan fingerprint density at radius 3 is 1.24 bits per heavy atom. The number of hydrogen-bond donors (Lipinski definition) is 15. The van der Waals surface area contributed by atoms with Gasteiger partial charge in [-0.2, -0.15) is 4.98 Å². The van der Waals surface area contributed by atoms with Crippen LogP contribution in [-0.2, 0) is 20.3 Å². The smallest absolute Gasteiger partial charge is 0.224 e. The summed E-state index contributed by atoms with van der Waals surface area (Å²) in [4.78, 5) is 52.4. The number of fused-ring (bicyclic) bond motifs is 4. The number of thioether (sulfide) groups is 1. The molecular weight excluding hydrogens is 1570 g/mol. The normalized spacial score (nSPS) is 30.2. The molecule has 8 aliphatic carbocycles. The van der Waals surface area contributed by atoms with Gasteiger partial charge in [0.2, 0.25) is 11.1 Å². The minimum Gasteiger partial charge on any atom is -0.390 e. The number of aliphatic hydroxyl groups is 10. The van der Waals surface area contributed by atoms with Crippen molar-refractivity contribution in [3.05, 3.63) is 113 Å². The lowest BCUT2D eigenvalue weighted by molar-refractivity contribution is -0.114. The van der Waals surface area contributed by atoms with Gasteiger partial charge in [0.1, 0.15) is 60.5 Å². The number of rotatable bonds is 14. The number of aryl methyl sites for hydroxylation is 3. The Morgan fingerprint density at radius 1 is 0.509 bits per heavy atom. The molecule has 1 unspecified atom stereocenters. The quantitative estimate of drug-likeness (QED) is 0.0208. The lowest BCUT2D eigenvalue weighted by Crippen LogP contribution is -2.47. The topological polar surface area (TPSA) is 439 Å². The van der Waals surface area contributed by atoms with E-state index in [1.54, 1.807) is 50.4 Å². The molecule has 1 aliphatic heterocycles. The minimum atomic E-state index is -1.35. The SMILES string of the molecule is CC1=CCCC1=O.CC1=CCC[C@H]1O.CSc1nc(C)c(-c2nc3ccccc3s2)c(N[C@@H]2CC[C@@H](O)[C@@]2(C)O)n1.C[C@]1(O)[C@H](N)CC[C@H]1O.C[C@]12O[C@H]1CC[C@H]2O.Cc1nc(NCC2CC2)nc(N[C@@H]2CC[C@@H](O)[C@@]2(C)O)c1-c1nc2ccccc2s1.Cc1nc(S(C)=O)nc(N[C@@H]2CC[C@@H](O)[C@@]2(C)O)c1-c1nc2ccccc2s1. The molecule has 27 nitrogen and oxygen atoms in total. The Morgan fingerprint density at radius 2 is 0.940 bits per heavy atom. The average molecular weight is 1690 g/mol. The van der Waals surface area contributed by atoms with Gasteiger partial charge in [0.25, 0.3) is 0 Å². The molecule has 9 aliphatic rings. The van der Waals surface area contributed by atoms with Crippen LogP contribution in [0.3, 0.4) is 0 Å². The van der Waals surface area contributed by atoms with Crippen molar-refractivity contribution in [2.45, 2.75) is 277 Å². The van der Waals surface area contributed by atoms with E-state index in [2.05, 4.69) is 53.3 Å². The molecule has 1 saturated heterocycles. The van der Waals surface area contributed by atoms with Crippen LogP contribution < -0.4 is 27.0 Å². The summed E-state index contributed by atoms with van der Waals surface area (Å²) in [5, 5.41) is 116. The highest BCUT2D eigenvalue weighted by Gasteiger charge is 2.61. The van der Waals surface area contributed by atoms with Gasteiger partial charge in [0.05, 0.1) is 136 Å². The van der Waals surface area contributed by atoms with Crippen molar-refractivity contribution >= 4 is 116 Å². The summed E-state index contributed by atoms with van der Waals surface area (Å²) < 4.78 is 20.5. The number of aliphatic hydroxyl groups excluding tert-OH is 6. The van der Waals surface area contributed by atoms with Crippen molar-refractivity contribution in [2.75, 3.05) is 40.3 Å². The molecule has 32 heteroatoms. The van der Waals surface area contributed by atoms with Crippen molar-refractivity contribution < 1.29 is 64.8 Å². The summed E-state index contributed by atoms with van der Waals surface area (Å²) in [6.45, 7) is 19.0. The Labute approximate surface area is 695 Å².